The second kappa shape index (κ2) is 7.53. The molecule has 0 spiro atoms. The first-order valence-corrected chi connectivity index (χ1v) is 7.69. The van der Waals surface area contributed by atoms with Crippen molar-refractivity contribution in [3.8, 4) is 11.5 Å². The van der Waals surface area contributed by atoms with Crippen LogP contribution in [-0.4, -0.2) is 20.3 Å². The molecule has 0 radical (unpaired) electrons. The number of hydrogen-bond acceptors (Lipinski definition) is 3. The third kappa shape index (κ3) is 4.41. The lowest BCUT2D eigenvalue weighted by Gasteiger charge is -2.25. The van der Waals surface area contributed by atoms with Crippen molar-refractivity contribution in [1.29, 1.82) is 0 Å². The van der Waals surface area contributed by atoms with Crippen molar-refractivity contribution in [2.75, 3.05) is 20.3 Å². The maximum atomic E-state index is 5.88. The predicted molar refractivity (Wildman–Crippen MR) is 82.4 cm³/mol. The molecule has 112 valence electrons. The Kier molecular flexibility index (Phi) is 5.72. The average Bonchev–Trinajstić information content (AvgIpc) is 2.37. The van der Waals surface area contributed by atoms with Crippen LogP contribution in [-0.2, 0) is 6.54 Å². The Labute approximate surface area is 122 Å². The predicted octanol–water partition coefficient (Wildman–Crippen LogP) is 3.62. The maximum Gasteiger partial charge on any atom is 0.161 e. The van der Waals surface area contributed by atoms with Gasteiger partial charge in [0.25, 0.3) is 0 Å². The molecule has 1 aliphatic carbocycles. The van der Waals surface area contributed by atoms with Crippen LogP contribution in [0.4, 0.5) is 0 Å². The van der Waals surface area contributed by atoms with Crippen LogP contribution in [0.3, 0.4) is 0 Å². The zero-order valence-corrected chi connectivity index (χ0v) is 12.9. The van der Waals surface area contributed by atoms with Crippen molar-refractivity contribution in [2.45, 2.75) is 39.7 Å². The van der Waals surface area contributed by atoms with Gasteiger partial charge in [0, 0.05) is 6.54 Å². The lowest BCUT2D eigenvalue weighted by Crippen LogP contribution is -2.20. The van der Waals surface area contributed by atoms with Gasteiger partial charge in [-0.15, -0.1) is 0 Å². The number of benzene rings is 1. The van der Waals surface area contributed by atoms with Gasteiger partial charge in [0.1, 0.15) is 0 Å². The molecule has 0 bridgehead atoms. The van der Waals surface area contributed by atoms with Crippen LogP contribution in [0.2, 0.25) is 0 Å². The van der Waals surface area contributed by atoms with Crippen LogP contribution in [0.15, 0.2) is 18.2 Å². The zero-order valence-electron chi connectivity index (χ0n) is 12.9. The van der Waals surface area contributed by atoms with Gasteiger partial charge < -0.3 is 14.8 Å². The van der Waals surface area contributed by atoms with E-state index < -0.39 is 0 Å². The summed E-state index contributed by atoms with van der Waals surface area (Å²) in [5.74, 6) is 3.12. The summed E-state index contributed by atoms with van der Waals surface area (Å²) in [6, 6.07) is 6.22. The Morgan fingerprint density at radius 2 is 2.05 bits per heavy atom. The highest BCUT2D eigenvalue weighted by atomic mass is 16.5. The van der Waals surface area contributed by atoms with Gasteiger partial charge in [-0.25, -0.2) is 0 Å². The van der Waals surface area contributed by atoms with Crippen molar-refractivity contribution >= 4 is 0 Å². The van der Waals surface area contributed by atoms with Gasteiger partial charge in [-0.05, 0) is 48.9 Å². The van der Waals surface area contributed by atoms with Crippen molar-refractivity contribution in [1.82, 2.24) is 5.32 Å². The summed E-state index contributed by atoms with van der Waals surface area (Å²) in [5, 5.41) is 3.44. The fraction of sp³-hybridized carbons (Fsp3) is 0.647. The van der Waals surface area contributed by atoms with Gasteiger partial charge in [-0.2, -0.15) is 0 Å². The second-order valence-electron chi connectivity index (χ2n) is 6.12. The maximum absolute atomic E-state index is 5.88. The molecule has 1 aromatic carbocycles. The molecule has 2 rings (SSSR count). The fourth-order valence-electron chi connectivity index (χ4n) is 2.31. The van der Waals surface area contributed by atoms with Crippen LogP contribution in [0.1, 0.15) is 38.7 Å². The van der Waals surface area contributed by atoms with E-state index in [-0.39, 0.29) is 0 Å². The molecule has 0 aliphatic heterocycles. The van der Waals surface area contributed by atoms with E-state index in [4.69, 9.17) is 9.47 Å². The Morgan fingerprint density at radius 3 is 2.65 bits per heavy atom. The molecule has 3 heteroatoms. The summed E-state index contributed by atoms with van der Waals surface area (Å²) in [7, 11) is 1.71. The summed E-state index contributed by atoms with van der Waals surface area (Å²) in [5.41, 5.74) is 1.23. The summed E-state index contributed by atoms with van der Waals surface area (Å²) in [6.07, 6.45) is 3.96. The SMILES string of the molecule is COc1cc(CNCC(C)C)ccc1OCC1CCC1. The first-order chi connectivity index (χ1) is 9.69. The van der Waals surface area contributed by atoms with E-state index in [1.807, 2.05) is 6.07 Å². The Hall–Kier alpha value is -1.22. The van der Waals surface area contributed by atoms with Crippen LogP contribution in [0, 0.1) is 11.8 Å². The van der Waals surface area contributed by atoms with E-state index in [1.165, 1.54) is 24.8 Å². The van der Waals surface area contributed by atoms with E-state index in [0.717, 1.165) is 37.1 Å². The van der Waals surface area contributed by atoms with Crippen molar-refractivity contribution in [3.63, 3.8) is 0 Å². The minimum absolute atomic E-state index is 0.668. The minimum atomic E-state index is 0.668. The summed E-state index contributed by atoms with van der Waals surface area (Å²) in [4.78, 5) is 0. The Balaban J connectivity index is 1.88. The molecule has 0 saturated heterocycles. The van der Waals surface area contributed by atoms with E-state index >= 15 is 0 Å². The molecule has 1 aliphatic rings. The van der Waals surface area contributed by atoms with Crippen LogP contribution < -0.4 is 14.8 Å². The number of nitrogens with one attached hydrogen (secondary N) is 1. The summed E-state index contributed by atoms with van der Waals surface area (Å²) in [6.45, 7) is 7.15. The topological polar surface area (TPSA) is 30.5 Å². The Bertz CT molecular complexity index is 413. The minimum Gasteiger partial charge on any atom is -0.493 e. The lowest BCUT2D eigenvalue weighted by molar-refractivity contribution is 0.176. The largest absolute Gasteiger partial charge is 0.493 e. The fourth-order valence-corrected chi connectivity index (χ4v) is 2.31. The summed E-state index contributed by atoms with van der Waals surface area (Å²) >= 11 is 0. The molecule has 1 saturated carbocycles. The van der Waals surface area contributed by atoms with Crippen LogP contribution in [0.5, 0.6) is 11.5 Å². The van der Waals surface area contributed by atoms with Crippen LogP contribution in [0.25, 0.3) is 0 Å². The number of methoxy groups -OCH3 is 1. The molecule has 0 aromatic heterocycles. The standard InChI is InChI=1S/C17H27NO2/c1-13(2)10-18-11-15-7-8-16(17(9-15)19-3)20-12-14-5-4-6-14/h7-9,13-14,18H,4-6,10-12H2,1-3H3. The highest BCUT2D eigenvalue weighted by molar-refractivity contribution is 5.43. The molecule has 1 N–H and O–H groups in total. The average molecular weight is 277 g/mol. The zero-order chi connectivity index (χ0) is 14.4. The van der Waals surface area contributed by atoms with E-state index in [2.05, 4.69) is 31.3 Å². The van der Waals surface area contributed by atoms with Crippen LogP contribution >= 0.6 is 0 Å². The first-order valence-electron chi connectivity index (χ1n) is 7.69. The summed E-state index contributed by atoms with van der Waals surface area (Å²) < 4.78 is 11.3. The van der Waals surface area contributed by atoms with Gasteiger partial charge in [0.05, 0.1) is 13.7 Å². The molecule has 0 heterocycles. The normalized spacial score (nSPS) is 15.2. The monoisotopic (exact) mass is 277 g/mol. The molecule has 0 amide bonds. The van der Waals surface area contributed by atoms with Gasteiger partial charge in [-0.3, -0.25) is 0 Å². The number of rotatable bonds is 8. The second-order valence-corrected chi connectivity index (χ2v) is 6.12. The van der Waals surface area contributed by atoms with Gasteiger partial charge in [0.2, 0.25) is 0 Å². The molecular weight excluding hydrogens is 250 g/mol. The quantitative estimate of drug-likeness (QED) is 0.787. The van der Waals surface area contributed by atoms with Crippen molar-refractivity contribution in [3.05, 3.63) is 23.8 Å². The third-order valence-electron chi connectivity index (χ3n) is 3.81. The lowest BCUT2D eigenvalue weighted by atomic mass is 9.86. The van der Waals surface area contributed by atoms with Crippen molar-refractivity contribution < 1.29 is 9.47 Å². The third-order valence-corrected chi connectivity index (χ3v) is 3.81. The highest BCUT2D eigenvalue weighted by Crippen LogP contribution is 2.31. The molecule has 0 atom stereocenters. The highest BCUT2D eigenvalue weighted by Gasteiger charge is 2.18. The molecule has 1 aromatic rings. The van der Waals surface area contributed by atoms with Gasteiger partial charge in [-0.1, -0.05) is 26.3 Å². The Morgan fingerprint density at radius 1 is 1.25 bits per heavy atom. The van der Waals surface area contributed by atoms with E-state index in [9.17, 15) is 0 Å². The molecule has 1 fully saturated rings. The van der Waals surface area contributed by atoms with Crippen molar-refractivity contribution in [2.24, 2.45) is 11.8 Å². The van der Waals surface area contributed by atoms with Gasteiger partial charge >= 0.3 is 0 Å². The smallest absolute Gasteiger partial charge is 0.161 e. The number of hydrogen-bond donors (Lipinski definition) is 1. The van der Waals surface area contributed by atoms with Gasteiger partial charge in [0.15, 0.2) is 11.5 Å². The molecule has 20 heavy (non-hydrogen) atoms. The van der Waals surface area contributed by atoms with E-state index in [0.29, 0.717) is 5.92 Å². The number of ether oxygens (including phenoxy) is 2. The molecule has 3 nitrogen and oxygen atoms in total. The molecular formula is C17H27NO2. The molecule has 0 unspecified atom stereocenters. The first kappa shape index (κ1) is 15.2. The van der Waals surface area contributed by atoms with E-state index in [1.54, 1.807) is 7.11 Å².